The Bertz CT molecular complexity index is 436. The predicted octanol–water partition coefficient (Wildman–Crippen LogP) is 4.17. The number of nitrogens with one attached hydrogen (secondary N) is 2. The largest absolute Gasteiger partial charge is 0.336 e. The first kappa shape index (κ1) is 14.8. The van der Waals surface area contributed by atoms with Crippen molar-refractivity contribution in [3.8, 4) is 0 Å². The number of benzene rings is 1. The van der Waals surface area contributed by atoms with Gasteiger partial charge in [-0.25, -0.2) is 4.79 Å². The number of anilines is 1. The molecule has 0 bridgehead atoms. The number of hydrogen-bond acceptors (Lipinski definition) is 1. The van der Waals surface area contributed by atoms with Gasteiger partial charge in [-0.15, -0.1) is 0 Å². The molecule has 0 aromatic heterocycles. The topological polar surface area (TPSA) is 41.1 Å². The Labute approximate surface area is 114 Å². The van der Waals surface area contributed by atoms with Crippen molar-refractivity contribution in [1.29, 1.82) is 0 Å². The van der Waals surface area contributed by atoms with Crippen LogP contribution in [0.3, 0.4) is 0 Å². The van der Waals surface area contributed by atoms with Crippen molar-refractivity contribution in [3.05, 3.63) is 28.8 Å². The molecule has 0 radical (unpaired) electrons. The first-order chi connectivity index (χ1) is 8.20. The summed E-state index contributed by atoms with van der Waals surface area (Å²) in [6, 6.07) is 5.44. The van der Waals surface area contributed by atoms with Gasteiger partial charge in [0.2, 0.25) is 0 Å². The van der Waals surface area contributed by atoms with Crippen LogP contribution in [0.4, 0.5) is 10.5 Å². The maximum absolute atomic E-state index is 11.6. The van der Waals surface area contributed by atoms with Crippen molar-refractivity contribution in [3.63, 3.8) is 0 Å². The van der Waals surface area contributed by atoms with Gasteiger partial charge < -0.3 is 10.6 Å². The van der Waals surface area contributed by atoms with E-state index in [-0.39, 0.29) is 17.5 Å². The van der Waals surface area contributed by atoms with Crippen LogP contribution in [0.2, 0.25) is 5.02 Å². The smallest absolute Gasteiger partial charge is 0.319 e. The number of carbonyl (C=O) groups is 1. The van der Waals surface area contributed by atoms with Gasteiger partial charge in [-0.3, -0.25) is 0 Å². The first-order valence-electron chi connectivity index (χ1n) is 6.07. The number of carbonyl (C=O) groups excluding carboxylic acids is 1. The highest BCUT2D eigenvalue weighted by Gasteiger charge is 2.18. The number of amides is 2. The van der Waals surface area contributed by atoms with Crippen LogP contribution >= 0.6 is 11.6 Å². The minimum Gasteiger partial charge on any atom is -0.336 e. The van der Waals surface area contributed by atoms with Gasteiger partial charge in [-0.05, 0) is 43.0 Å². The molecular weight excluding hydrogens is 248 g/mol. The van der Waals surface area contributed by atoms with Gasteiger partial charge in [0.05, 0.1) is 0 Å². The summed E-state index contributed by atoms with van der Waals surface area (Å²) in [6.07, 6.45) is 0. The van der Waals surface area contributed by atoms with Gasteiger partial charge in [-0.2, -0.15) is 0 Å². The number of rotatable bonds is 2. The predicted molar refractivity (Wildman–Crippen MR) is 77.4 cm³/mol. The lowest BCUT2D eigenvalue weighted by Crippen LogP contribution is -2.34. The summed E-state index contributed by atoms with van der Waals surface area (Å²) in [5, 5.41) is 6.31. The van der Waals surface area contributed by atoms with Crippen LogP contribution in [-0.2, 0) is 5.41 Å². The van der Waals surface area contributed by atoms with Crippen LogP contribution in [0.15, 0.2) is 18.2 Å². The molecule has 0 saturated heterocycles. The maximum Gasteiger partial charge on any atom is 0.319 e. The molecule has 1 aromatic rings. The third kappa shape index (κ3) is 4.22. The lowest BCUT2D eigenvalue weighted by atomic mass is 9.87. The second kappa shape index (κ2) is 5.61. The van der Waals surface area contributed by atoms with Gasteiger partial charge in [0.25, 0.3) is 0 Å². The first-order valence-corrected chi connectivity index (χ1v) is 6.45. The van der Waals surface area contributed by atoms with Crippen molar-refractivity contribution in [2.75, 3.05) is 5.32 Å². The van der Waals surface area contributed by atoms with E-state index in [1.165, 1.54) is 0 Å². The van der Waals surface area contributed by atoms with Gasteiger partial charge in [0, 0.05) is 16.8 Å². The Morgan fingerprint density at radius 1 is 1.28 bits per heavy atom. The molecule has 0 aliphatic heterocycles. The van der Waals surface area contributed by atoms with Crippen LogP contribution in [-0.4, -0.2) is 12.1 Å². The maximum atomic E-state index is 11.6. The van der Waals surface area contributed by atoms with Crippen LogP contribution < -0.4 is 10.6 Å². The molecule has 2 N–H and O–H groups in total. The van der Waals surface area contributed by atoms with Gasteiger partial charge >= 0.3 is 6.03 Å². The zero-order valence-corrected chi connectivity index (χ0v) is 12.4. The molecule has 4 heteroatoms. The molecule has 0 unspecified atom stereocenters. The third-order valence-corrected chi connectivity index (χ3v) is 2.78. The van der Waals surface area contributed by atoms with E-state index in [2.05, 4.69) is 31.4 Å². The molecule has 0 spiro atoms. The molecule has 0 heterocycles. The Morgan fingerprint density at radius 2 is 1.89 bits per heavy atom. The van der Waals surface area contributed by atoms with Crippen molar-refractivity contribution < 1.29 is 4.79 Å². The molecule has 0 fully saturated rings. The molecule has 3 nitrogen and oxygen atoms in total. The van der Waals surface area contributed by atoms with E-state index in [4.69, 9.17) is 11.6 Å². The number of halogens is 1. The van der Waals surface area contributed by atoms with Crippen LogP contribution in [0.25, 0.3) is 0 Å². The Hall–Kier alpha value is -1.22. The van der Waals surface area contributed by atoms with E-state index in [0.717, 1.165) is 16.3 Å². The molecule has 0 saturated carbocycles. The second-order valence-corrected chi connectivity index (χ2v) is 6.10. The van der Waals surface area contributed by atoms with Crippen molar-refractivity contribution >= 4 is 23.3 Å². The summed E-state index contributed by atoms with van der Waals surface area (Å²) in [7, 11) is 0. The van der Waals surface area contributed by atoms with Crippen molar-refractivity contribution in [2.45, 2.75) is 46.1 Å². The summed E-state index contributed by atoms with van der Waals surface area (Å²) in [6.45, 7) is 10.1. The SMILES string of the molecule is CC(C)NC(=O)Nc1ccc(Cl)c(C(C)(C)C)c1. The lowest BCUT2D eigenvalue weighted by molar-refractivity contribution is 0.250. The van der Waals surface area contributed by atoms with Crippen LogP contribution in [0, 0.1) is 0 Å². The average Bonchev–Trinajstić information content (AvgIpc) is 2.17. The standard InChI is InChI=1S/C14H21ClN2O/c1-9(2)16-13(18)17-10-6-7-12(15)11(8-10)14(3,4)5/h6-9H,1-5H3,(H2,16,17,18). The summed E-state index contributed by atoms with van der Waals surface area (Å²) in [5.74, 6) is 0. The monoisotopic (exact) mass is 268 g/mol. The molecule has 0 aliphatic rings. The van der Waals surface area contributed by atoms with Crippen molar-refractivity contribution in [1.82, 2.24) is 5.32 Å². The Kier molecular flexibility index (Phi) is 4.63. The van der Waals surface area contributed by atoms with E-state index in [1.54, 1.807) is 6.07 Å². The number of hydrogen-bond donors (Lipinski definition) is 2. The zero-order chi connectivity index (χ0) is 13.9. The molecule has 0 atom stereocenters. The van der Waals surface area contributed by atoms with E-state index in [1.807, 2.05) is 26.0 Å². The summed E-state index contributed by atoms with van der Waals surface area (Å²) < 4.78 is 0. The quantitative estimate of drug-likeness (QED) is 0.831. The molecule has 18 heavy (non-hydrogen) atoms. The van der Waals surface area contributed by atoms with Gasteiger partial charge in [-0.1, -0.05) is 32.4 Å². The Balaban J connectivity index is 2.89. The van der Waals surface area contributed by atoms with E-state index < -0.39 is 0 Å². The van der Waals surface area contributed by atoms with E-state index in [9.17, 15) is 4.79 Å². The minimum absolute atomic E-state index is 0.0523. The minimum atomic E-state index is -0.202. The van der Waals surface area contributed by atoms with Crippen molar-refractivity contribution in [2.24, 2.45) is 0 Å². The molecule has 2 amide bonds. The fourth-order valence-electron chi connectivity index (χ4n) is 1.61. The highest BCUT2D eigenvalue weighted by Crippen LogP contribution is 2.31. The summed E-state index contributed by atoms with van der Waals surface area (Å²) in [5.41, 5.74) is 1.72. The van der Waals surface area contributed by atoms with E-state index >= 15 is 0 Å². The molecular formula is C14H21ClN2O. The summed E-state index contributed by atoms with van der Waals surface area (Å²) in [4.78, 5) is 11.6. The molecule has 100 valence electrons. The fourth-order valence-corrected chi connectivity index (χ4v) is 2.01. The normalized spacial score (nSPS) is 11.5. The van der Waals surface area contributed by atoms with E-state index in [0.29, 0.717) is 0 Å². The van der Waals surface area contributed by atoms with Crippen LogP contribution in [0.1, 0.15) is 40.2 Å². The molecule has 1 aromatic carbocycles. The third-order valence-electron chi connectivity index (χ3n) is 2.45. The fraction of sp³-hybridized carbons (Fsp3) is 0.500. The lowest BCUT2D eigenvalue weighted by Gasteiger charge is -2.21. The Morgan fingerprint density at radius 3 is 2.39 bits per heavy atom. The highest BCUT2D eigenvalue weighted by molar-refractivity contribution is 6.31. The highest BCUT2D eigenvalue weighted by atomic mass is 35.5. The second-order valence-electron chi connectivity index (χ2n) is 5.70. The summed E-state index contributed by atoms with van der Waals surface area (Å²) >= 11 is 6.17. The van der Waals surface area contributed by atoms with Gasteiger partial charge in [0.15, 0.2) is 0 Å². The molecule has 0 aliphatic carbocycles. The zero-order valence-electron chi connectivity index (χ0n) is 11.6. The number of urea groups is 1. The molecule has 1 rings (SSSR count). The van der Waals surface area contributed by atoms with Crippen LogP contribution in [0.5, 0.6) is 0 Å². The average molecular weight is 269 g/mol. The van der Waals surface area contributed by atoms with Gasteiger partial charge in [0.1, 0.15) is 0 Å².